The van der Waals surface area contributed by atoms with Gasteiger partial charge in [0.25, 0.3) is 0 Å². The summed E-state index contributed by atoms with van der Waals surface area (Å²) >= 11 is 6.32. The normalized spacial score (nSPS) is 12.1. The molecule has 4 heteroatoms. The van der Waals surface area contributed by atoms with Crippen LogP contribution in [0.3, 0.4) is 0 Å². The first-order valence-corrected chi connectivity index (χ1v) is 6.47. The largest absolute Gasteiger partial charge is 0.368 e. The highest BCUT2D eigenvalue weighted by Crippen LogP contribution is 2.20. The Balaban J connectivity index is 1.95. The molecule has 0 saturated carbocycles. The van der Waals surface area contributed by atoms with Crippen molar-refractivity contribution in [3.05, 3.63) is 54.0 Å². The minimum absolute atomic E-state index is 0.0637. The molecule has 1 atom stereocenters. The van der Waals surface area contributed by atoms with Gasteiger partial charge in [-0.3, -0.25) is 0 Å². The molecular weight excluding hydrogens is 246 g/mol. The number of hydrogen-bond donors (Lipinski definition) is 1. The maximum atomic E-state index is 6.32. The molecule has 1 unspecified atom stereocenters. The highest BCUT2D eigenvalue weighted by Gasteiger charge is 2.07. The molecule has 0 aliphatic carbocycles. The van der Waals surface area contributed by atoms with Gasteiger partial charge in [-0.2, -0.15) is 0 Å². The van der Waals surface area contributed by atoms with Crippen molar-refractivity contribution in [3.63, 3.8) is 0 Å². The molecule has 0 amide bonds. The highest BCUT2D eigenvalue weighted by molar-refractivity contribution is 6.21. The van der Waals surface area contributed by atoms with E-state index < -0.39 is 0 Å². The van der Waals surface area contributed by atoms with Gasteiger partial charge >= 0.3 is 0 Å². The Bertz CT molecular complexity index is 487. The molecule has 94 valence electrons. The SMILES string of the molecule is CCc1cc(NCC(Cl)c2ccccc2)ncn1. The summed E-state index contributed by atoms with van der Waals surface area (Å²) in [5.74, 6) is 0.823. The first-order valence-electron chi connectivity index (χ1n) is 6.03. The number of aryl methyl sites for hydroxylation is 1. The van der Waals surface area contributed by atoms with Gasteiger partial charge in [-0.25, -0.2) is 9.97 Å². The molecule has 1 N–H and O–H groups in total. The third-order valence-electron chi connectivity index (χ3n) is 2.71. The molecule has 0 radical (unpaired) electrons. The van der Waals surface area contributed by atoms with Crippen LogP contribution in [0.25, 0.3) is 0 Å². The second kappa shape index (κ2) is 6.36. The molecule has 0 bridgehead atoms. The smallest absolute Gasteiger partial charge is 0.129 e. The van der Waals surface area contributed by atoms with Crippen molar-refractivity contribution < 1.29 is 0 Å². The van der Waals surface area contributed by atoms with Crippen molar-refractivity contribution in [1.29, 1.82) is 0 Å². The number of nitrogens with zero attached hydrogens (tertiary/aromatic N) is 2. The Morgan fingerprint density at radius 3 is 2.72 bits per heavy atom. The lowest BCUT2D eigenvalue weighted by atomic mass is 10.1. The fourth-order valence-corrected chi connectivity index (χ4v) is 1.88. The van der Waals surface area contributed by atoms with Gasteiger partial charge in [0.2, 0.25) is 0 Å². The Morgan fingerprint density at radius 2 is 2.00 bits per heavy atom. The zero-order valence-corrected chi connectivity index (χ0v) is 11.1. The van der Waals surface area contributed by atoms with Crippen LogP contribution in [0.2, 0.25) is 0 Å². The Labute approximate surface area is 112 Å². The lowest BCUT2D eigenvalue weighted by molar-refractivity contribution is 0.947. The molecular formula is C14H16ClN3. The number of benzene rings is 1. The number of rotatable bonds is 5. The van der Waals surface area contributed by atoms with Gasteiger partial charge in [-0.05, 0) is 12.0 Å². The topological polar surface area (TPSA) is 37.8 Å². The van der Waals surface area contributed by atoms with E-state index in [0.29, 0.717) is 6.54 Å². The number of anilines is 1. The van der Waals surface area contributed by atoms with Crippen molar-refractivity contribution >= 4 is 17.4 Å². The van der Waals surface area contributed by atoms with Crippen LogP contribution in [-0.4, -0.2) is 16.5 Å². The van der Waals surface area contributed by atoms with Crippen LogP contribution in [0, 0.1) is 0 Å². The average molecular weight is 262 g/mol. The van der Waals surface area contributed by atoms with Crippen molar-refractivity contribution in [3.8, 4) is 0 Å². The molecule has 0 aliphatic rings. The predicted octanol–water partition coefficient (Wildman–Crippen LogP) is 3.43. The van der Waals surface area contributed by atoms with Gasteiger partial charge in [0.15, 0.2) is 0 Å². The summed E-state index contributed by atoms with van der Waals surface area (Å²) in [5, 5.41) is 3.17. The third kappa shape index (κ3) is 3.44. The summed E-state index contributed by atoms with van der Waals surface area (Å²) in [6.45, 7) is 2.71. The van der Waals surface area contributed by atoms with Gasteiger partial charge in [0, 0.05) is 18.3 Å². The average Bonchev–Trinajstić information content (AvgIpc) is 2.46. The second-order valence-electron chi connectivity index (χ2n) is 4.01. The molecule has 1 aromatic carbocycles. The van der Waals surface area contributed by atoms with E-state index in [1.165, 1.54) is 0 Å². The summed E-state index contributed by atoms with van der Waals surface area (Å²) in [4.78, 5) is 8.33. The van der Waals surface area contributed by atoms with Gasteiger partial charge in [0.05, 0.1) is 5.38 Å². The number of alkyl halides is 1. The van der Waals surface area contributed by atoms with Gasteiger partial charge in [-0.1, -0.05) is 37.3 Å². The first-order chi connectivity index (χ1) is 8.79. The molecule has 18 heavy (non-hydrogen) atoms. The summed E-state index contributed by atoms with van der Waals surface area (Å²) in [6, 6.07) is 12.0. The summed E-state index contributed by atoms with van der Waals surface area (Å²) in [7, 11) is 0. The second-order valence-corrected chi connectivity index (χ2v) is 4.53. The van der Waals surface area contributed by atoms with E-state index in [0.717, 1.165) is 23.5 Å². The quantitative estimate of drug-likeness (QED) is 0.838. The molecule has 1 aromatic heterocycles. The number of nitrogens with one attached hydrogen (secondary N) is 1. The van der Waals surface area contributed by atoms with Crippen LogP contribution in [-0.2, 0) is 6.42 Å². The minimum atomic E-state index is -0.0637. The van der Waals surface area contributed by atoms with Gasteiger partial charge in [0.1, 0.15) is 12.1 Å². The van der Waals surface area contributed by atoms with Gasteiger partial charge < -0.3 is 5.32 Å². The monoisotopic (exact) mass is 261 g/mol. The van der Waals surface area contributed by atoms with Crippen LogP contribution >= 0.6 is 11.6 Å². The maximum Gasteiger partial charge on any atom is 0.129 e. The van der Waals surface area contributed by atoms with Crippen molar-refractivity contribution in [2.75, 3.05) is 11.9 Å². The lowest BCUT2D eigenvalue weighted by Gasteiger charge is -2.11. The van der Waals surface area contributed by atoms with Crippen molar-refractivity contribution in [1.82, 2.24) is 9.97 Å². The summed E-state index contributed by atoms with van der Waals surface area (Å²) in [5.41, 5.74) is 2.13. The molecule has 0 aliphatic heterocycles. The summed E-state index contributed by atoms with van der Waals surface area (Å²) in [6.07, 6.45) is 2.48. The standard InChI is InChI=1S/C14H16ClN3/c1-2-12-8-14(18-10-17-12)16-9-13(15)11-6-4-3-5-7-11/h3-8,10,13H,2,9H2,1H3,(H,16,17,18). The van der Waals surface area contributed by atoms with E-state index in [-0.39, 0.29) is 5.38 Å². The van der Waals surface area contributed by atoms with Crippen LogP contribution in [0.5, 0.6) is 0 Å². The maximum absolute atomic E-state index is 6.32. The van der Waals surface area contributed by atoms with E-state index in [4.69, 9.17) is 11.6 Å². The van der Waals surface area contributed by atoms with Crippen molar-refractivity contribution in [2.45, 2.75) is 18.7 Å². The number of aromatic nitrogens is 2. The molecule has 2 rings (SSSR count). The fourth-order valence-electron chi connectivity index (χ4n) is 1.66. The zero-order chi connectivity index (χ0) is 12.8. The minimum Gasteiger partial charge on any atom is -0.368 e. The van der Waals surface area contributed by atoms with Crippen molar-refractivity contribution in [2.24, 2.45) is 0 Å². The number of halogens is 1. The first kappa shape index (κ1) is 12.8. The van der Waals surface area contributed by atoms with Crippen LogP contribution in [0.4, 0.5) is 5.82 Å². The van der Waals surface area contributed by atoms with E-state index in [1.807, 2.05) is 36.4 Å². The van der Waals surface area contributed by atoms with E-state index in [9.17, 15) is 0 Å². The molecule has 3 nitrogen and oxygen atoms in total. The van der Waals surface area contributed by atoms with Crippen LogP contribution in [0.1, 0.15) is 23.6 Å². The van der Waals surface area contributed by atoms with Gasteiger partial charge in [-0.15, -0.1) is 11.6 Å². The molecule has 0 saturated heterocycles. The lowest BCUT2D eigenvalue weighted by Crippen LogP contribution is -2.09. The van der Waals surface area contributed by atoms with Crippen LogP contribution < -0.4 is 5.32 Å². The van der Waals surface area contributed by atoms with E-state index >= 15 is 0 Å². The van der Waals surface area contributed by atoms with Crippen LogP contribution in [0.15, 0.2) is 42.7 Å². The molecule has 2 aromatic rings. The third-order valence-corrected chi connectivity index (χ3v) is 3.12. The molecule has 0 spiro atoms. The predicted molar refractivity (Wildman–Crippen MR) is 74.9 cm³/mol. The zero-order valence-electron chi connectivity index (χ0n) is 10.3. The Kier molecular flexibility index (Phi) is 4.53. The number of hydrogen-bond acceptors (Lipinski definition) is 3. The van der Waals surface area contributed by atoms with E-state index in [1.54, 1.807) is 6.33 Å². The fraction of sp³-hybridized carbons (Fsp3) is 0.286. The van der Waals surface area contributed by atoms with E-state index in [2.05, 4.69) is 22.2 Å². The molecule has 1 heterocycles. The highest BCUT2D eigenvalue weighted by atomic mass is 35.5. The Morgan fingerprint density at radius 1 is 1.22 bits per heavy atom. The summed E-state index contributed by atoms with van der Waals surface area (Å²) < 4.78 is 0. The molecule has 0 fully saturated rings. The Hall–Kier alpha value is -1.61.